The first kappa shape index (κ1) is 18.0. The molecule has 1 unspecified atom stereocenters. The molecule has 1 aliphatic carbocycles. The zero-order valence-corrected chi connectivity index (χ0v) is 15.9. The smallest absolute Gasteiger partial charge is 0.125 e. The van der Waals surface area contributed by atoms with Crippen molar-refractivity contribution >= 4 is 34.1 Å². The average Bonchev–Trinajstić information content (AvgIpc) is 3.06. The summed E-state index contributed by atoms with van der Waals surface area (Å²) < 4.78 is 0. The van der Waals surface area contributed by atoms with E-state index in [1.165, 1.54) is 25.7 Å². The Labute approximate surface area is 155 Å². The van der Waals surface area contributed by atoms with Gasteiger partial charge in [0.25, 0.3) is 0 Å². The minimum absolute atomic E-state index is 0.296. The van der Waals surface area contributed by atoms with Crippen LogP contribution >= 0.6 is 12.2 Å². The molecule has 3 rings (SSSR count). The summed E-state index contributed by atoms with van der Waals surface area (Å²) in [7, 11) is 0. The number of hydrogen-bond donors (Lipinski definition) is 1. The number of fused-ring (bicyclic) bond motifs is 1. The number of rotatable bonds is 7. The van der Waals surface area contributed by atoms with E-state index in [1.807, 2.05) is 18.2 Å². The molecule has 0 saturated heterocycles. The quantitative estimate of drug-likeness (QED) is 0.401. The molecule has 1 atom stereocenters. The summed E-state index contributed by atoms with van der Waals surface area (Å²) in [5.41, 5.74) is 4.38. The third-order valence-corrected chi connectivity index (χ3v) is 5.16. The monoisotopic (exact) mass is 354 g/mol. The van der Waals surface area contributed by atoms with Crippen molar-refractivity contribution in [3.8, 4) is 0 Å². The highest BCUT2D eigenvalue weighted by Gasteiger charge is 2.23. The fourth-order valence-electron chi connectivity index (χ4n) is 3.70. The third-order valence-electron chi connectivity index (χ3n) is 5.07. The Morgan fingerprint density at radius 2 is 2.16 bits per heavy atom. The predicted octanol–water partition coefficient (Wildman–Crippen LogP) is 5.57. The minimum atomic E-state index is 0.296. The van der Waals surface area contributed by atoms with Gasteiger partial charge in [-0.25, -0.2) is 4.98 Å². The van der Waals surface area contributed by atoms with Crippen molar-refractivity contribution in [2.75, 3.05) is 13.1 Å². The van der Waals surface area contributed by atoms with E-state index in [0.29, 0.717) is 6.04 Å². The Hall–Kier alpha value is -1.81. The summed E-state index contributed by atoms with van der Waals surface area (Å²) in [6, 6.07) is 6.22. The van der Waals surface area contributed by atoms with Crippen molar-refractivity contribution in [2.24, 2.45) is 4.99 Å². The summed E-state index contributed by atoms with van der Waals surface area (Å²) in [6.45, 7) is 6.49. The van der Waals surface area contributed by atoms with E-state index in [9.17, 15) is 0 Å². The van der Waals surface area contributed by atoms with Gasteiger partial charge in [0.05, 0.1) is 27.9 Å². The molecule has 0 aliphatic heterocycles. The number of aliphatic imine (C=N–C) groups is 1. The van der Waals surface area contributed by atoms with Gasteiger partial charge in [-0.2, -0.15) is 4.99 Å². The first-order valence-electron chi connectivity index (χ1n) is 9.24. The fraction of sp³-hybridized carbons (Fsp3) is 0.500. The second-order valence-electron chi connectivity index (χ2n) is 6.58. The van der Waals surface area contributed by atoms with Crippen molar-refractivity contribution in [2.45, 2.75) is 52.0 Å². The lowest BCUT2D eigenvalue weighted by molar-refractivity contribution is 0.208. The number of nitrogens with zero attached hydrogens (tertiary/aromatic N) is 3. The third kappa shape index (κ3) is 4.24. The van der Waals surface area contributed by atoms with E-state index >= 15 is 0 Å². The van der Waals surface area contributed by atoms with Crippen LogP contribution in [0.15, 0.2) is 34.8 Å². The van der Waals surface area contributed by atoms with Crippen molar-refractivity contribution in [1.29, 1.82) is 0 Å². The van der Waals surface area contributed by atoms with Crippen LogP contribution in [0, 0.1) is 0 Å². The Morgan fingerprint density at radius 3 is 2.84 bits per heavy atom. The molecule has 0 amide bonds. The van der Waals surface area contributed by atoms with Gasteiger partial charge in [0.15, 0.2) is 0 Å². The molecule has 0 radical (unpaired) electrons. The fourth-order valence-corrected chi connectivity index (χ4v) is 3.80. The van der Waals surface area contributed by atoms with Crippen LogP contribution in [0.3, 0.4) is 0 Å². The molecule has 0 fully saturated rings. The standard InChI is InChI=1S/C20H26N4S/c1-3-24(4-2)19(12-15-8-6-5-7-9-15)20-22-17-11-10-16(21-14-25)13-18(17)23-20/h8,10-11,13,19H,3-7,9,12H2,1-2H3,(H,22,23). The Morgan fingerprint density at radius 1 is 1.32 bits per heavy atom. The number of imidazole rings is 1. The Balaban J connectivity index is 1.95. The molecule has 1 N–H and O–H groups in total. The van der Waals surface area contributed by atoms with Crippen LogP contribution < -0.4 is 0 Å². The highest BCUT2D eigenvalue weighted by Crippen LogP contribution is 2.32. The lowest BCUT2D eigenvalue weighted by Gasteiger charge is -2.29. The topological polar surface area (TPSA) is 44.3 Å². The van der Waals surface area contributed by atoms with Gasteiger partial charge in [0.2, 0.25) is 0 Å². The zero-order chi connectivity index (χ0) is 17.6. The van der Waals surface area contributed by atoms with Crippen molar-refractivity contribution in [3.63, 3.8) is 0 Å². The van der Waals surface area contributed by atoms with Gasteiger partial charge >= 0.3 is 0 Å². The number of nitrogens with one attached hydrogen (secondary N) is 1. The van der Waals surface area contributed by atoms with Crippen LogP contribution in [0.25, 0.3) is 11.0 Å². The first-order chi connectivity index (χ1) is 12.2. The zero-order valence-electron chi connectivity index (χ0n) is 15.1. The molecule has 4 nitrogen and oxygen atoms in total. The number of thiocarbonyl (C=S) groups is 1. The Kier molecular flexibility index (Phi) is 6.14. The van der Waals surface area contributed by atoms with Gasteiger partial charge < -0.3 is 4.98 Å². The molecule has 5 heteroatoms. The van der Waals surface area contributed by atoms with Gasteiger partial charge in [-0.05, 0) is 75.6 Å². The maximum absolute atomic E-state index is 4.88. The summed E-state index contributed by atoms with van der Waals surface area (Å²) in [4.78, 5) is 15.0. The lowest BCUT2D eigenvalue weighted by Crippen LogP contribution is -2.29. The number of benzene rings is 1. The summed E-state index contributed by atoms with van der Waals surface area (Å²) >= 11 is 4.70. The van der Waals surface area contributed by atoms with Crippen molar-refractivity contribution in [1.82, 2.24) is 14.9 Å². The average molecular weight is 355 g/mol. The number of aromatic amines is 1. The van der Waals surface area contributed by atoms with Crippen LogP contribution in [0.5, 0.6) is 0 Å². The van der Waals surface area contributed by atoms with E-state index in [1.54, 1.807) is 5.57 Å². The number of H-pyrrole nitrogens is 1. The molecule has 1 heterocycles. The van der Waals surface area contributed by atoms with E-state index in [2.05, 4.69) is 40.0 Å². The molecule has 1 aliphatic rings. The molecule has 2 aromatic rings. The number of isothiocyanates is 1. The van der Waals surface area contributed by atoms with Gasteiger partial charge in [0, 0.05) is 0 Å². The second-order valence-corrected chi connectivity index (χ2v) is 6.76. The van der Waals surface area contributed by atoms with E-state index in [4.69, 9.17) is 17.2 Å². The molecule has 1 aromatic carbocycles. The van der Waals surface area contributed by atoms with Gasteiger partial charge in [0.1, 0.15) is 5.82 Å². The second kappa shape index (κ2) is 8.52. The van der Waals surface area contributed by atoms with Gasteiger partial charge in [-0.3, -0.25) is 4.90 Å². The Bertz CT molecular complexity index is 797. The molecule has 0 saturated carbocycles. The normalized spacial score (nSPS) is 15.9. The van der Waals surface area contributed by atoms with Gasteiger partial charge in [-0.15, -0.1) is 0 Å². The largest absolute Gasteiger partial charge is 0.341 e. The van der Waals surface area contributed by atoms with Crippen LogP contribution in [0.4, 0.5) is 5.69 Å². The van der Waals surface area contributed by atoms with Crippen molar-refractivity contribution in [3.05, 3.63) is 35.7 Å². The van der Waals surface area contributed by atoms with Crippen molar-refractivity contribution < 1.29 is 0 Å². The molecular formula is C20H26N4S. The van der Waals surface area contributed by atoms with Crippen LogP contribution in [-0.2, 0) is 0 Å². The van der Waals surface area contributed by atoms with E-state index in [0.717, 1.165) is 42.1 Å². The lowest BCUT2D eigenvalue weighted by atomic mass is 9.93. The first-order valence-corrected chi connectivity index (χ1v) is 9.65. The SMILES string of the molecule is CCN(CC)C(CC1=CCCCC1)c1nc2ccc(N=C=S)cc2[nH]1. The molecule has 0 bridgehead atoms. The minimum Gasteiger partial charge on any atom is -0.341 e. The summed E-state index contributed by atoms with van der Waals surface area (Å²) in [6.07, 6.45) is 8.59. The number of allylic oxidation sites excluding steroid dienone is 1. The summed E-state index contributed by atoms with van der Waals surface area (Å²) in [5, 5.41) is 2.43. The van der Waals surface area contributed by atoms with Crippen LogP contribution in [0.2, 0.25) is 0 Å². The highest BCUT2D eigenvalue weighted by molar-refractivity contribution is 7.78. The maximum Gasteiger partial charge on any atom is 0.125 e. The molecule has 25 heavy (non-hydrogen) atoms. The van der Waals surface area contributed by atoms with Gasteiger partial charge in [-0.1, -0.05) is 25.5 Å². The van der Waals surface area contributed by atoms with Crippen LogP contribution in [0.1, 0.15) is 57.8 Å². The molecule has 132 valence electrons. The predicted molar refractivity (Wildman–Crippen MR) is 108 cm³/mol. The maximum atomic E-state index is 4.88. The van der Waals surface area contributed by atoms with Crippen LogP contribution in [-0.4, -0.2) is 33.1 Å². The number of aromatic nitrogens is 2. The van der Waals surface area contributed by atoms with E-state index < -0.39 is 0 Å². The molecule has 0 spiro atoms. The van der Waals surface area contributed by atoms with E-state index in [-0.39, 0.29) is 0 Å². The molecule has 1 aromatic heterocycles. The summed E-state index contributed by atoms with van der Waals surface area (Å²) in [5.74, 6) is 1.05. The molecular weight excluding hydrogens is 328 g/mol. The highest BCUT2D eigenvalue weighted by atomic mass is 32.1. The number of hydrogen-bond acceptors (Lipinski definition) is 4.